The van der Waals surface area contributed by atoms with Crippen LogP contribution in [-0.4, -0.2) is 12.1 Å². The summed E-state index contributed by atoms with van der Waals surface area (Å²) in [5, 5.41) is 19.7. The number of rotatable bonds is 10. The molecule has 0 spiro atoms. The number of halogens is 2. The van der Waals surface area contributed by atoms with Crippen LogP contribution in [0.2, 0.25) is 0 Å². The van der Waals surface area contributed by atoms with Crippen LogP contribution in [0.3, 0.4) is 0 Å². The number of nitrogen functional groups attached to an aromatic ring is 1. The first-order valence-corrected chi connectivity index (χ1v) is 12.6. The average molecular weight is 525 g/mol. The highest BCUT2D eigenvalue weighted by Crippen LogP contribution is 2.30. The van der Waals surface area contributed by atoms with Gasteiger partial charge >= 0.3 is 0 Å². The summed E-state index contributed by atoms with van der Waals surface area (Å²) >= 11 is 0. The highest BCUT2D eigenvalue weighted by atomic mass is 19.1. The van der Waals surface area contributed by atoms with Crippen LogP contribution >= 0.6 is 0 Å². The van der Waals surface area contributed by atoms with E-state index in [1.165, 1.54) is 6.20 Å². The molecule has 3 aromatic carbocycles. The average Bonchev–Trinajstić information content (AvgIpc) is 2.90. The lowest BCUT2D eigenvalue weighted by molar-refractivity contribution is 0.543. The Morgan fingerprint density at radius 2 is 1.72 bits per heavy atom. The zero-order valence-corrected chi connectivity index (χ0v) is 21.5. The third-order valence-corrected chi connectivity index (χ3v) is 6.66. The lowest BCUT2D eigenvalue weighted by Crippen LogP contribution is -2.22. The third kappa shape index (κ3) is 6.96. The molecule has 1 aliphatic carbocycles. The monoisotopic (exact) mass is 524 g/mol. The van der Waals surface area contributed by atoms with Gasteiger partial charge in [-0.05, 0) is 72.2 Å². The third-order valence-electron chi connectivity index (χ3n) is 6.66. The summed E-state index contributed by atoms with van der Waals surface area (Å²) in [6.07, 6.45) is 6.65. The summed E-state index contributed by atoms with van der Waals surface area (Å²) in [6, 6.07) is 20.0. The van der Waals surface area contributed by atoms with Crippen LogP contribution in [0.5, 0.6) is 0 Å². The Morgan fingerprint density at radius 3 is 2.31 bits per heavy atom. The molecule has 1 fully saturated rings. The molecule has 1 saturated carbocycles. The van der Waals surface area contributed by atoms with Crippen molar-refractivity contribution in [1.29, 1.82) is 10.7 Å². The Hall–Kier alpha value is -4.77. The van der Waals surface area contributed by atoms with Gasteiger partial charge in [-0.25, -0.2) is 8.78 Å². The zero-order valence-electron chi connectivity index (χ0n) is 21.5. The van der Waals surface area contributed by atoms with Crippen molar-refractivity contribution in [3.05, 3.63) is 129 Å². The minimum atomic E-state index is -0.765. The second-order valence-corrected chi connectivity index (χ2v) is 9.42. The number of nitrogens with one attached hydrogen (secondary N) is 2. The van der Waals surface area contributed by atoms with Crippen LogP contribution in [0.25, 0.3) is 0 Å². The quantitative estimate of drug-likeness (QED) is 0.211. The van der Waals surface area contributed by atoms with Crippen molar-refractivity contribution in [1.82, 2.24) is 5.32 Å². The SMILES string of the molecule is N#Cc1cccc(Cc2ccc(CN=C/C(=C\N)C(NCc3c(F)cc(C(=N)N)cc3F)=C3CCC3)cc2)c1. The molecule has 0 radical (unpaired) electrons. The van der Waals surface area contributed by atoms with Crippen LogP contribution in [0.1, 0.15) is 52.6 Å². The van der Waals surface area contributed by atoms with Crippen LogP contribution in [-0.2, 0) is 19.5 Å². The van der Waals surface area contributed by atoms with E-state index in [1.807, 2.05) is 42.5 Å². The fourth-order valence-corrected chi connectivity index (χ4v) is 4.33. The maximum Gasteiger partial charge on any atom is 0.131 e. The van der Waals surface area contributed by atoms with Gasteiger partial charge in [0.25, 0.3) is 0 Å². The molecule has 0 amide bonds. The van der Waals surface area contributed by atoms with E-state index in [4.69, 9.17) is 22.1 Å². The van der Waals surface area contributed by atoms with Gasteiger partial charge in [0.05, 0.1) is 18.2 Å². The standard InChI is InChI=1S/C31H30F2N6/c32-28-13-25(31(36)37)14-29(33)27(28)19-39-30(24-5-2-6-24)26(16-35)18-38-17-21-9-7-20(8-10-21)11-22-3-1-4-23(12-22)15-34/h1,3-4,7-10,12-14,16,18,39H,2,5-6,11,17,19,35H2,(H3,36,37)/b26-16+,38-18?. The predicted molar refractivity (Wildman–Crippen MR) is 150 cm³/mol. The molecule has 0 aliphatic heterocycles. The topological polar surface area (TPSA) is 124 Å². The fraction of sp³-hybridized carbons (Fsp3) is 0.194. The molecule has 0 unspecified atom stereocenters. The number of nitrogens with two attached hydrogens (primary N) is 2. The molecule has 3 aromatic rings. The van der Waals surface area contributed by atoms with Gasteiger partial charge in [0.15, 0.2) is 0 Å². The number of hydrogen-bond donors (Lipinski definition) is 4. The summed E-state index contributed by atoms with van der Waals surface area (Å²) in [5.74, 6) is -1.92. The van der Waals surface area contributed by atoms with Gasteiger partial charge in [0.1, 0.15) is 17.5 Å². The lowest BCUT2D eigenvalue weighted by Gasteiger charge is -2.24. The molecule has 4 rings (SSSR count). The van der Waals surface area contributed by atoms with Crippen molar-refractivity contribution in [3.8, 4) is 6.07 Å². The van der Waals surface area contributed by atoms with Gasteiger partial charge in [-0.1, -0.05) is 36.4 Å². The van der Waals surface area contributed by atoms with Crippen LogP contribution in [0.4, 0.5) is 8.78 Å². The maximum atomic E-state index is 14.5. The van der Waals surface area contributed by atoms with E-state index in [-0.39, 0.29) is 17.7 Å². The molecular weight excluding hydrogens is 494 g/mol. The first-order chi connectivity index (χ1) is 18.9. The molecule has 0 bridgehead atoms. The molecule has 39 heavy (non-hydrogen) atoms. The second-order valence-electron chi connectivity index (χ2n) is 9.42. The van der Waals surface area contributed by atoms with E-state index in [9.17, 15) is 8.78 Å². The summed E-state index contributed by atoms with van der Waals surface area (Å²) in [7, 11) is 0. The molecule has 6 nitrogen and oxygen atoms in total. The summed E-state index contributed by atoms with van der Waals surface area (Å²) in [6.45, 7) is 0.360. The van der Waals surface area contributed by atoms with Gasteiger partial charge < -0.3 is 16.8 Å². The van der Waals surface area contributed by atoms with E-state index in [2.05, 4.69) is 16.4 Å². The highest BCUT2D eigenvalue weighted by Gasteiger charge is 2.19. The Bertz CT molecular complexity index is 1470. The largest absolute Gasteiger partial charge is 0.404 e. The number of hydrogen-bond acceptors (Lipinski definition) is 5. The van der Waals surface area contributed by atoms with E-state index in [1.54, 1.807) is 12.3 Å². The van der Waals surface area contributed by atoms with Crippen molar-refractivity contribution < 1.29 is 8.78 Å². The first-order valence-electron chi connectivity index (χ1n) is 12.6. The molecule has 8 heteroatoms. The minimum absolute atomic E-state index is 0.00207. The van der Waals surface area contributed by atoms with Gasteiger partial charge in [0.2, 0.25) is 0 Å². The molecule has 0 atom stereocenters. The molecule has 0 aromatic heterocycles. The Balaban J connectivity index is 1.41. The summed E-state index contributed by atoms with van der Waals surface area (Å²) in [4.78, 5) is 4.56. The van der Waals surface area contributed by atoms with Crippen molar-refractivity contribution in [3.63, 3.8) is 0 Å². The molecule has 0 saturated heterocycles. The smallest absolute Gasteiger partial charge is 0.131 e. The van der Waals surface area contributed by atoms with Crippen LogP contribution in [0, 0.1) is 28.4 Å². The Labute approximate surface area is 226 Å². The first kappa shape index (κ1) is 27.3. The highest BCUT2D eigenvalue weighted by molar-refractivity contribution is 5.95. The zero-order chi connectivity index (χ0) is 27.8. The number of nitrogens with zero attached hydrogens (tertiary/aromatic N) is 2. The second kappa shape index (κ2) is 12.7. The van der Waals surface area contributed by atoms with Crippen molar-refractivity contribution in [2.45, 2.75) is 38.8 Å². The number of nitriles is 1. The minimum Gasteiger partial charge on any atom is -0.404 e. The van der Waals surface area contributed by atoms with Crippen LogP contribution < -0.4 is 16.8 Å². The van der Waals surface area contributed by atoms with E-state index in [0.717, 1.165) is 65.8 Å². The molecule has 1 aliphatic rings. The molecular formula is C31H30F2N6. The van der Waals surface area contributed by atoms with Gasteiger partial charge in [-0.15, -0.1) is 0 Å². The van der Waals surface area contributed by atoms with E-state index < -0.39 is 17.5 Å². The van der Waals surface area contributed by atoms with Gasteiger partial charge in [-0.2, -0.15) is 5.26 Å². The van der Waals surface area contributed by atoms with Gasteiger partial charge in [-0.3, -0.25) is 10.4 Å². The van der Waals surface area contributed by atoms with Crippen LogP contribution in [0.15, 0.2) is 88.7 Å². The summed E-state index contributed by atoms with van der Waals surface area (Å²) < 4.78 is 29.1. The fourth-order valence-electron chi connectivity index (χ4n) is 4.33. The Morgan fingerprint density at radius 1 is 1.03 bits per heavy atom. The van der Waals surface area contributed by atoms with E-state index >= 15 is 0 Å². The van der Waals surface area contributed by atoms with Crippen molar-refractivity contribution in [2.24, 2.45) is 16.5 Å². The summed E-state index contributed by atoms with van der Waals surface area (Å²) in [5.41, 5.74) is 17.6. The van der Waals surface area contributed by atoms with E-state index in [0.29, 0.717) is 17.7 Å². The number of aliphatic imine (C=N–C) groups is 1. The van der Waals surface area contributed by atoms with Gasteiger partial charge in [0, 0.05) is 41.4 Å². The molecule has 198 valence electrons. The lowest BCUT2D eigenvalue weighted by atomic mass is 9.88. The molecule has 6 N–H and O–H groups in total. The van der Waals surface area contributed by atoms with Crippen molar-refractivity contribution in [2.75, 3.05) is 0 Å². The predicted octanol–water partition coefficient (Wildman–Crippen LogP) is 5.35. The van der Waals surface area contributed by atoms with Crippen molar-refractivity contribution >= 4 is 12.1 Å². The number of amidine groups is 1. The number of allylic oxidation sites excluding steroid dienone is 2. The maximum absolute atomic E-state index is 14.5. The molecule has 0 heterocycles. The normalized spacial score (nSPS) is 13.2. The Kier molecular flexibility index (Phi) is 8.85. The number of benzene rings is 3.